The molecule has 2 atom stereocenters. The summed E-state index contributed by atoms with van der Waals surface area (Å²) in [6, 6.07) is 10.7. The number of anilines is 3. The largest absolute Gasteiger partial charge is 0.326 e. The zero-order valence-electron chi connectivity index (χ0n) is 21.0. The van der Waals surface area contributed by atoms with Crippen molar-refractivity contribution in [2.75, 3.05) is 16.0 Å². The van der Waals surface area contributed by atoms with Crippen molar-refractivity contribution >= 4 is 98.6 Å². The lowest BCUT2D eigenvalue weighted by Gasteiger charge is -2.23. The molecule has 3 amide bonds. The maximum Gasteiger partial charge on any atom is 0.257 e. The van der Waals surface area contributed by atoms with E-state index in [9.17, 15) is 23.6 Å². The first-order chi connectivity index (χ1) is 19.8. The third kappa shape index (κ3) is 5.94. The van der Waals surface area contributed by atoms with Gasteiger partial charge in [-0.15, -0.1) is 23.2 Å². The van der Waals surface area contributed by atoms with Crippen LogP contribution in [0.5, 0.6) is 0 Å². The molecule has 218 valence electrons. The van der Waals surface area contributed by atoms with E-state index in [0.29, 0.717) is 10.6 Å². The Morgan fingerprint density at radius 1 is 0.810 bits per heavy atom. The maximum atomic E-state index is 15.1. The number of hydrogen-bond acceptors (Lipinski definition) is 4. The molecule has 3 aromatic carbocycles. The van der Waals surface area contributed by atoms with Crippen molar-refractivity contribution < 1.29 is 28.0 Å². The molecule has 0 radical (unpaired) electrons. The first-order valence-electron chi connectivity index (χ1n) is 12.3. The molecule has 42 heavy (non-hydrogen) atoms. The fraction of sp³-hybridized carbons (Fsp3) is 0.214. The van der Waals surface area contributed by atoms with Crippen molar-refractivity contribution in [2.24, 2.45) is 11.8 Å². The molecule has 2 aliphatic carbocycles. The van der Waals surface area contributed by atoms with Crippen molar-refractivity contribution in [3.05, 3.63) is 86.4 Å². The van der Waals surface area contributed by atoms with Gasteiger partial charge < -0.3 is 16.0 Å². The number of alkyl halides is 2. The monoisotopic (exact) mass is 673 g/mol. The van der Waals surface area contributed by atoms with Gasteiger partial charge >= 0.3 is 0 Å². The van der Waals surface area contributed by atoms with Gasteiger partial charge in [-0.25, -0.2) is 8.78 Å². The molecule has 0 spiro atoms. The van der Waals surface area contributed by atoms with Crippen LogP contribution in [0.3, 0.4) is 0 Å². The summed E-state index contributed by atoms with van der Waals surface area (Å²) >= 11 is 31.1. The molecule has 0 aromatic heterocycles. The summed E-state index contributed by atoms with van der Waals surface area (Å²) in [7, 11) is 0. The molecule has 0 bridgehead atoms. The van der Waals surface area contributed by atoms with E-state index in [0.717, 1.165) is 12.1 Å². The lowest BCUT2D eigenvalue weighted by Crippen LogP contribution is -2.35. The van der Waals surface area contributed by atoms with E-state index in [1.54, 1.807) is 18.2 Å². The highest BCUT2D eigenvalue weighted by Crippen LogP contribution is 2.65. The van der Waals surface area contributed by atoms with E-state index in [-0.39, 0.29) is 39.9 Å². The maximum absolute atomic E-state index is 15.1. The topological polar surface area (TPSA) is 104 Å². The molecule has 5 rings (SSSR count). The molecule has 0 heterocycles. The van der Waals surface area contributed by atoms with Gasteiger partial charge in [-0.1, -0.05) is 40.9 Å². The molecule has 3 aromatic rings. The molecular formula is C28H18Cl5F2N3O4. The Balaban J connectivity index is 1.30. The molecule has 14 heteroatoms. The van der Waals surface area contributed by atoms with Crippen LogP contribution in [0.2, 0.25) is 15.1 Å². The minimum absolute atomic E-state index is 0.00940. The van der Waals surface area contributed by atoms with Gasteiger partial charge in [0.2, 0.25) is 11.8 Å². The van der Waals surface area contributed by atoms with Crippen LogP contribution >= 0.6 is 58.0 Å². The zero-order valence-corrected chi connectivity index (χ0v) is 24.8. The van der Waals surface area contributed by atoms with Crippen LogP contribution in [-0.4, -0.2) is 27.8 Å². The van der Waals surface area contributed by atoms with E-state index in [4.69, 9.17) is 58.0 Å². The lowest BCUT2D eigenvalue weighted by atomic mass is 9.83. The quantitative estimate of drug-likeness (QED) is 0.224. The Kier molecular flexibility index (Phi) is 8.44. The highest BCUT2D eigenvalue weighted by molar-refractivity contribution is 6.53. The number of hydrogen-bond donors (Lipinski definition) is 3. The van der Waals surface area contributed by atoms with Gasteiger partial charge in [0, 0.05) is 24.4 Å². The average molecular weight is 676 g/mol. The second-order valence-electron chi connectivity index (χ2n) is 9.86. The fourth-order valence-corrected chi connectivity index (χ4v) is 5.96. The minimum atomic E-state index is -1.42. The zero-order chi connectivity index (χ0) is 30.5. The smallest absolute Gasteiger partial charge is 0.257 e. The summed E-state index contributed by atoms with van der Waals surface area (Å²) in [5.41, 5.74) is -0.569. The van der Waals surface area contributed by atoms with E-state index >= 15 is 4.39 Å². The molecule has 2 aliphatic rings. The molecule has 3 N–H and O–H groups in total. The van der Waals surface area contributed by atoms with E-state index < -0.39 is 62.8 Å². The molecule has 0 aliphatic heterocycles. The van der Waals surface area contributed by atoms with Gasteiger partial charge in [-0.3, -0.25) is 19.2 Å². The number of rotatable bonds is 7. The predicted octanol–water partition coefficient (Wildman–Crippen LogP) is 7.62. The third-order valence-electron chi connectivity index (χ3n) is 7.02. The first-order valence-corrected chi connectivity index (χ1v) is 14.2. The van der Waals surface area contributed by atoms with Crippen molar-refractivity contribution in [3.63, 3.8) is 0 Å². The molecular weight excluding hydrogens is 658 g/mol. The highest BCUT2D eigenvalue weighted by atomic mass is 35.5. The van der Waals surface area contributed by atoms with E-state index in [1.807, 2.05) is 0 Å². The van der Waals surface area contributed by atoms with Gasteiger partial charge in [-0.05, 0) is 48.0 Å². The van der Waals surface area contributed by atoms with Gasteiger partial charge in [0.25, 0.3) is 5.91 Å². The standard InChI is InChI=1S/C28H18Cl5F2N3O4/c29-16-4-2-13(36-27(42)22-21(28(22,32)33)11-1-3-17(30)18(31)9-11)10-15(16)26(41)37-20-6-5-19(34)24(23(20)35)38-25(40)12-7-14(39)8-12/h1-6,9-10,12,21-22H,7-8H2,(H,36,42)(H,37,41)(H,38,40)/t21-,22?/m0/s1. The Morgan fingerprint density at radius 2 is 1.50 bits per heavy atom. The van der Waals surface area contributed by atoms with Gasteiger partial charge in [0.15, 0.2) is 5.82 Å². The summed E-state index contributed by atoms with van der Waals surface area (Å²) in [4.78, 5) is 49.5. The van der Waals surface area contributed by atoms with Crippen LogP contribution in [0.15, 0.2) is 48.5 Å². The van der Waals surface area contributed by atoms with Crippen LogP contribution in [-0.2, 0) is 14.4 Å². The van der Waals surface area contributed by atoms with Crippen LogP contribution in [0.1, 0.15) is 34.7 Å². The van der Waals surface area contributed by atoms with E-state index in [2.05, 4.69) is 16.0 Å². The minimum Gasteiger partial charge on any atom is -0.326 e. The number of amides is 3. The lowest BCUT2D eigenvalue weighted by molar-refractivity contribution is -0.135. The number of ketones is 1. The van der Waals surface area contributed by atoms with Gasteiger partial charge in [0.1, 0.15) is 21.6 Å². The van der Waals surface area contributed by atoms with Crippen molar-refractivity contribution in [3.8, 4) is 0 Å². The predicted molar refractivity (Wildman–Crippen MR) is 158 cm³/mol. The molecule has 1 unspecified atom stereocenters. The Hall–Kier alpha value is -2.95. The summed E-state index contributed by atoms with van der Waals surface area (Å²) < 4.78 is 28.0. The van der Waals surface area contributed by atoms with Gasteiger partial charge in [-0.2, -0.15) is 0 Å². The second kappa shape index (κ2) is 11.6. The summed E-state index contributed by atoms with van der Waals surface area (Å²) in [5.74, 6) is -6.67. The summed E-state index contributed by atoms with van der Waals surface area (Å²) in [6.07, 6.45) is -0.0188. The number of Topliss-reactive ketones (excluding diaryl/α,β-unsaturated/α-hetero) is 1. The van der Waals surface area contributed by atoms with Crippen LogP contribution in [0.4, 0.5) is 25.8 Å². The average Bonchev–Trinajstić information content (AvgIpc) is 3.50. The number of nitrogens with one attached hydrogen (secondary N) is 3. The fourth-order valence-electron chi connectivity index (χ4n) is 4.62. The van der Waals surface area contributed by atoms with Crippen LogP contribution in [0.25, 0.3) is 0 Å². The van der Waals surface area contributed by atoms with Crippen LogP contribution < -0.4 is 16.0 Å². The summed E-state index contributed by atoms with van der Waals surface area (Å²) in [5, 5.41) is 7.66. The molecule has 2 fully saturated rings. The van der Waals surface area contributed by atoms with Crippen molar-refractivity contribution in [1.29, 1.82) is 0 Å². The number of halogens is 7. The molecule has 0 saturated heterocycles. The first kappa shape index (κ1) is 30.5. The Labute approximate surface area is 262 Å². The number of carbonyl (C=O) groups excluding carboxylic acids is 4. The third-order valence-corrected chi connectivity index (χ3v) is 9.03. The van der Waals surface area contributed by atoms with Gasteiger partial charge in [0.05, 0.1) is 38.2 Å². The normalized spacial score (nSPS) is 19.1. The number of carbonyl (C=O) groups is 4. The van der Waals surface area contributed by atoms with E-state index in [1.165, 1.54) is 18.2 Å². The Bertz CT molecular complexity index is 1660. The molecule has 7 nitrogen and oxygen atoms in total. The van der Waals surface area contributed by atoms with Crippen LogP contribution in [0, 0.1) is 23.5 Å². The van der Waals surface area contributed by atoms with Crippen molar-refractivity contribution in [2.45, 2.75) is 23.1 Å². The SMILES string of the molecule is O=C1CC(C(=O)Nc2c(F)ccc(NC(=O)c3cc(NC(=O)C4[C@H](c5ccc(Cl)c(Cl)c5)C4(Cl)Cl)ccc3Cl)c2F)C1. The number of benzene rings is 3. The Morgan fingerprint density at radius 3 is 2.17 bits per heavy atom. The second-order valence-corrected chi connectivity index (χ2v) is 12.5. The molecule has 2 saturated carbocycles. The highest BCUT2D eigenvalue weighted by Gasteiger charge is 2.67. The van der Waals surface area contributed by atoms with Crippen molar-refractivity contribution in [1.82, 2.24) is 0 Å². The summed E-state index contributed by atoms with van der Waals surface area (Å²) in [6.45, 7) is 0.